The van der Waals surface area contributed by atoms with E-state index in [1.807, 2.05) is 18.2 Å². The molecule has 1 heterocycles. The first-order valence-electron chi connectivity index (χ1n) is 7.25. The van der Waals surface area contributed by atoms with Gasteiger partial charge in [-0.1, -0.05) is 11.8 Å². The molecule has 1 aromatic rings. The van der Waals surface area contributed by atoms with Crippen LogP contribution in [0.2, 0.25) is 0 Å². The maximum Gasteiger partial charge on any atom is 0.124 e. The van der Waals surface area contributed by atoms with E-state index in [2.05, 4.69) is 11.8 Å². The van der Waals surface area contributed by atoms with Gasteiger partial charge < -0.3 is 19.3 Å². The molecule has 114 valence electrons. The third-order valence-corrected chi connectivity index (χ3v) is 3.54. The molecular weight excluding hydrogens is 268 g/mol. The fourth-order valence-corrected chi connectivity index (χ4v) is 2.36. The molecule has 1 aliphatic heterocycles. The molecule has 0 amide bonds. The zero-order valence-electron chi connectivity index (χ0n) is 12.4. The number of aliphatic hydroxyl groups excluding tert-OH is 1. The van der Waals surface area contributed by atoms with E-state index in [4.69, 9.17) is 19.3 Å². The molecule has 0 unspecified atom stereocenters. The van der Waals surface area contributed by atoms with Gasteiger partial charge in [-0.15, -0.1) is 0 Å². The molecule has 1 aliphatic rings. The summed E-state index contributed by atoms with van der Waals surface area (Å²) in [6, 6.07) is 5.71. The number of benzene rings is 1. The monoisotopic (exact) mass is 290 g/mol. The minimum atomic E-state index is -0.137. The smallest absolute Gasteiger partial charge is 0.124 e. The molecule has 4 heteroatoms. The van der Waals surface area contributed by atoms with Gasteiger partial charge in [0.2, 0.25) is 0 Å². The van der Waals surface area contributed by atoms with Gasteiger partial charge in [0.1, 0.15) is 12.4 Å². The lowest BCUT2D eigenvalue weighted by atomic mass is 10.0. The Balaban J connectivity index is 1.93. The first-order chi connectivity index (χ1) is 10.3. The molecule has 0 atom stereocenters. The van der Waals surface area contributed by atoms with Crippen molar-refractivity contribution in [2.24, 2.45) is 5.92 Å². The summed E-state index contributed by atoms with van der Waals surface area (Å²) < 4.78 is 16.5. The van der Waals surface area contributed by atoms with Gasteiger partial charge in [0.05, 0.1) is 20.3 Å². The van der Waals surface area contributed by atoms with Crippen LogP contribution in [0.5, 0.6) is 5.75 Å². The van der Waals surface area contributed by atoms with E-state index < -0.39 is 0 Å². The van der Waals surface area contributed by atoms with Crippen LogP contribution in [0, 0.1) is 17.8 Å². The molecule has 21 heavy (non-hydrogen) atoms. The van der Waals surface area contributed by atoms with E-state index in [9.17, 15) is 0 Å². The molecule has 1 fully saturated rings. The predicted octanol–water partition coefficient (Wildman–Crippen LogP) is 1.98. The van der Waals surface area contributed by atoms with Crippen molar-refractivity contribution in [3.05, 3.63) is 29.3 Å². The highest BCUT2D eigenvalue weighted by Gasteiger charge is 2.14. The number of ether oxygens (including phenoxy) is 3. The van der Waals surface area contributed by atoms with Crippen molar-refractivity contribution in [3.8, 4) is 17.6 Å². The molecule has 0 aliphatic carbocycles. The molecule has 1 saturated heterocycles. The summed E-state index contributed by atoms with van der Waals surface area (Å²) in [5, 5.41) is 8.75. The zero-order valence-corrected chi connectivity index (χ0v) is 12.4. The van der Waals surface area contributed by atoms with Gasteiger partial charge in [0.15, 0.2) is 0 Å². The summed E-state index contributed by atoms with van der Waals surface area (Å²) in [6.07, 6.45) is 2.14. The molecule has 0 aromatic heterocycles. The highest BCUT2D eigenvalue weighted by Crippen LogP contribution is 2.22. The molecule has 1 aromatic carbocycles. The largest absolute Gasteiger partial charge is 0.496 e. The number of methoxy groups -OCH3 is 1. The number of hydrogen-bond donors (Lipinski definition) is 1. The third kappa shape index (κ3) is 5.05. The summed E-state index contributed by atoms with van der Waals surface area (Å²) in [4.78, 5) is 0. The molecule has 1 N–H and O–H groups in total. The van der Waals surface area contributed by atoms with Crippen LogP contribution < -0.4 is 4.74 Å². The van der Waals surface area contributed by atoms with Crippen molar-refractivity contribution in [2.45, 2.75) is 19.4 Å². The van der Waals surface area contributed by atoms with E-state index in [0.29, 0.717) is 12.5 Å². The van der Waals surface area contributed by atoms with E-state index in [-0.39, 0.29) is 6.61 Å². The Bertz CT molecular complexity index is 495. The molecule has 0 saturated carbocycles. The highest BCUT2D eigenvalue weighted by molar-refractivity contribution is 5.44. The van der Waals surface area contributed by atoms with Gasteiger partial charge >= 0.3 is 0 Å². The Morgan fingerprint density at radius 2 is 2.14 bits per heavy atom. The van der Waals surface area contributed by atoms with Gasteiger partial charge in [-0.05, 0) is 37.0 Å². The second-order valence-corrected chi connectivity index (χ2v) is 5.06. The Kier molecular flexibility index (Phi) is 6.55. The van der Waals surface area contributed by atoms with E-state index in [1.54, 1.807) is 7.11 Å². The van der Waals surface area contributed by atoms with Crippen LogP contribution in [0.25, 0.3) is 0 Å². The number of hydrogen-bond acceptors (Lipinski definition) is 4. The van der Waals surface area contributed by atoms with Gasteiger partial charge in [-0.3, -0.25) is 0 Å². The lowest BCUT2D eigenvalue weighted by Crippen LogP contribution is -2.20. The zero-order chi connectivity index (χ0) is 14.9. The quantitative estimate of drug-likeness (QED) is 0.842. The molecule has 4 nitrogen and oxygen atoms in total. The summed E-state index contributed by atoms with van der Waals surface area (Å²) in [6.45, 7) is 2.79. The topological polar surface area (TPSA) is 47.9 Å². The van der Waals surface area contributed by atoms with Crippen LogP contribution in [0.3, 0.4) is 0 Å². The van der Waals surface area contributed by atoms with Gasteiger partial charge in [0, 0.05) is 24.3 Å². The Labute approximate surface area is 126 Å². The lowest BCUT2D eigenvalue weighted by molar-refractivity contribution is 0.0153. The molecular formula is C17H22O4. The van der Waals surface area contributed by atoms with Crippen molar-refractivity contribution in [1.29, 1.82) is 0 Å². The normalized spacial score (nSPS) is 15.3. The van der Waals surface area contributed by atoms with Crippen molar-refractivity contribution < 1.29 is 19.3 Å². The molecule has 0 bridgehead atoms. The minimum Gasteiger partial charge on any atom is -0.496 e. The first kappa shape index (κ1) is 15.8. The van der Waals surface area contributed by atoms with Crippen LogP contribution in [0.1, 0.15) is 24.0 Å². The van der Waals surface area contributed by atoms with Crippen LogP contribution in [0.15, 0.2) is 18.2 Å². The van der Waals surface area contributed by atoms with Crippen molar-refractivity contribution in [1.82, 2.24) is 0 Å². The maximum atomic E-state index is 8.75. The number of aliphatic hydroxyl groups is 1. The summed E-state index contributed by atoms with van der Waals surface area (Å²) >= 11 is 0. The SMILES string of the molecule is COc1ccc(C#CCO)cc1COCC1CCOCC1. The van der Waals surface area contributed by atoms with E-state index in [1.165, 1.54) is 0 Å². The van der Waals surface area contributed by atoms with Crippen LogP contribution in [0.4, 0.5) is 0 Å². The molecule has 2 rings (SSSR count). The third-order valence-electron chi connectivity index (χ3n) is 3.54. The summed E-state index contributed by atoms with van der Waals surface area (Å²) in [5.41, 5.74) is 1.84. The van der Waals surface area contributed by atoms with Gasteiger partial charge in [-0.25, -0.2) is 0 Å². The standard InChI is InChI=1S/C17H22O4/c1-19-17-5-4-14(3-2-8-18)11-16(17)13-21-12-15-6-9-20-10-7-15/h4-5,11,15,18H,6-10,12-13H2,1H3. The van der Waals surface area contributed by atoms with Gasteiger partial charge in [0.25, 0.3) is 0 Å². The minimum absolute atomic E-state index is 0.137. The summed E-state index contributed by atoms with van der Waals surface area (Å²) in [5.74, 6) is 6.93. The average molecular weight is 290 g/mol. The Morgan fingerprint density at radius 3 is 2.86 bits per heavy atom. The van der Waals surface area contributed by atoms with E-state index >= 15 is 0 Å². The van der Waals surface area contributed by atoms with Crippen LogP contribution in [-0.4, -0.2) is 38.6 Å². The Hall–Kier alpha value is -1.54. The van der Waals surface area contributed by atoms with Crippen molar-refractivity contribution in [2.75, 3.05) is 33.5 Å². The maximum absolute atomic E-state index is 8.75. The second kappa shape index (κ2) is 8.68. The highest BCUT2D eigenvalue weighted by atomic mass is 16.5. The van der Waals surface area contributed by atoms with Crippen LogP contribution in [-0.2, 0) is 16.1 Å². The van der Waals surface area contributed by atoms with Crippen molar-refractivity contribution in [3.63, 3.8) is 0 Å². The van der Waals surface area contributed by atoms with Crippen LogP contribution >= 0.6 is 0 Å². The van der Waals surface area contributed by atoms with Crippen molar-refractivity contribution >= 4 is 0 Å². The first-order valence-corrected chi connectivity index (χ1v) is 7.25. The average Bonchev–Trinajstić information content (AvgIpc) is 2.54. The molecule has 0 spiro atoms. The lowest BCUT2D eigenvalue weighted by Gasteiger charge is -2.22. The molecule has 0 radical (unpaired) electrons. The fourth-order valence-electron chi connectivity index (χ4n) is 2.36. The van der Waals surface area contributed by atoms with E-state index in [0.717, 1.165) is 49.5 Å². The summed E-state index contributed by atoms with van der Waals surface area (Å²) in [7, 11) is 1.65. The Morgan fingerprint density at radius 1 is 1.33 bits per heavy atom. The predicted molar refractivity (Wildman–Crippen MR) is 80.2 cm³/mol. The second-order valence-electron chi connectivity index (χ2n) is 5.06. The fraction of sp³-hybridized carbons (Fsp3) is 0.529. The number of rotatable bonds is 5. The van der Waals surface area contributed by atoms with Gasteiger partial charge in [-0.2, -0.15) is 0 Å².